The SMILES string of the molecule is [C-]#[N+]C[C@H]1CN(c2nc(OC[C@@H]3CCCN3C)nc3c(OC4CC4)c(-c4cccc5c4C[C@H]4C[C@@H]54)ncc23)CCN1C(=O)C(=C)F. The Kier molecular flexibility index (Phi) is 7.28. The highest BCUT2D eigenvalue weighted by Gasteiger charge is 2.46. The molecule has 4 fully saturated rings. The highest BCUT2D eigenvalue weighted by molar-refractivity contribution is 5.97. The Morgan fingerprint density at radius 2 is 2.04 bits per heavy atom. The molecule has 2 saturated carbocycles. The lowest BCUT2D eigenvalue weighted by molar-refractivity contribution is -0.131. The van der Waals surface area contributed by atoms with E-state index < -0.39 is 17.8 Å². The van der Waals surface area contributed by atoms with Gasteiger partial charge in [-0.3, -0.25) is 9.78 Å². The van der Waals surface area contributed by atoms with Gasteiger partial charge in [0.05, 0.1) is 11.5 Å². The Morgan fingerprint density at radius 3 is 2.80 bits per heavy atom. The molecule has 0 N–H and O–H groups in total. The number of likely N-dealkylation sites (N-methyl/N-ethyl adjacent to an activating group) is 1. The molecular weight excluding hydrogens is 585 g/mol. The number of rotatable bonds is 9. The number of carbonyl (C=O) groups excluding carboxylic acids is 1. The van der Waals surface area contributed by atoms with Gasteiger partial charge < -0.3 is 29.0 Å². The van der Waals surface area contributed by atoms with Crippen LogP contribution in [-0.4, -0.2) is 95.2 Å². The van der Waals surface area contributed by atoms with E-state index in [1.54, 1.807) is 0 Å². The summed E-state index contributed by atoms with van der Waals surface area (Å²) in [5, 5.41) is 0.719. The highest BCUT2D eigenvalue weighted by Crippen LogP contribution is 2.58. The zero-order chi connectivity index (χ0) is 31.5. The summed E-state index contributed by atoms with van der Waals surface area (Å²) >= 11 is 0. The van der Waals surface area contributed by atoms with Crippen LogP contribution >= 0.6 is 0 Å². The topological polar surface area (TPSA) is 88.3 Å². The Morgan fingerprint density at radius 1 is 1.17 bits per heavy atom. The normalized spacial score (nSPS) is 25.2. The van der Waals surface area contributed by atoms with E-state index in [1.165, 1.54) is 22.4 Å². The van der Waals surface area contributed by atoms with Crippen LogP contribution in [0, 0.1) is 12.5 Å². The van der Waals surface area contributed by atoms with Gasteiger partial charge in [-0.2, -0.15) is 9.97 Å². The van der Waals surface area contributed by atoms with Crippen molar-refractivity contribution in [1.29, 1.82) is 0 Å². The Balaban J connectivity index is 1.23. The number of ether oxygens (including phenoxy) is 2. The number of hydrogen-bond donors (Lipinski definition) is 0. The van der Waals surface area contributed by atoms with Crippen LogP contribution in [0.2, 0.25) is 0 Å². The molecule has 1 aromatic carbocycles. The standard InChI is InChI=1S/C35H38FN7O3/c1-20(36)34(44)43-13-12-42(18-23(43)16-37-2)33-29-17-38-30(26-8-4-7-25-27-14-21(27)15-28(25)26)32(46-24-9-10-24)31(29)39-35(40-33)45-19-22-6-5-11-41(22)3/h4,7-8,17,21-24,27H,1,5-6,9-16,18-19H2,3H3/t21-,22+,23+,27-/m1/s1. The molecule has 3 aromatic rings. The fraction of sp³-hybridized carbons (Fsp3) is 0.514. The van der Waals surface area contributed by atoms with Gasteiger partial charge in [0.25, 0.3) is 5.91 Å². The van der Waals surface area contributed by atoms with Crippen LogP contribution in [0.4, 0.5) is 10.2 Å². The molecule has 0 unspecified atom stereocenters. The van der Waals surface area contributed by atoms with Gasteiger partial charge >= 0.3 is 6.01 Å². The second-order valence-corrected chi connectivity index (χ2v) is 13.5. The molecule has 0 spiro atoms. The summed E-state index contributed by atoms with van der Waals surface area (Å²) in [5.41, 5.74) is 5.35. The smallest absolute Gasteiger partial charge is 0.319 e. The van der Waals surface area contributed by atoms with Crippen molar-refractivity contribution in [2.45, 2.75) is 62.6 Å². The van der Waals surface area contributed by atoms with Gasteiger partial charge in [-0.1, -0.05) is 24.8 Å². The van der Waals surface area contributed by atoms with E-state index in [1.807, 2.05) is 11.1 Å². The first-order valence-corrected chi connectivity index (χ1v) is 16.5. The van der Waals surface area contributed by atoms with Gasteiger partial charge in [0, 0.05) is 37.4 Å². The van der Waals surface area contributed by atoms with Crippen molar-refractivity contribution in [1.82, 2.24) is 24.8 Å². The van der Waals surface area contributed by atoms with Crippen LogP contribution in [0.3, 0.4) is 0 Å². The summed E-state index contributed by atoms with van der Waals surface area (Å²) in [4.78, 5) is 36.9. The van der Waals surface area contributed by atoms with Gasteiger partial charge in [-0.25, -0.2) is 11.0 Å². The summed E-state index contributed by atoms with van der Waals surface area (Å²) in [7, 11) is 2.11. The monoisotopic (exact) mass is 623 g/mol. The summed E-state index contributed by atoms with van der Waals surface area (Å²) in [6.07, 6.45) is 8.42. The zero-order valence-electron chi connectivity index (χ0n) is 26.1. The molecule has 2 saturated heterocycles. The molecule has 10 nitrogen and oxygen atoms in total. The minimum atomic E-state index is -1.02. The minimum absolute atomic E-state index is 0.0372. The van der Waals surface area contributed by atoms with E-state index in [0.717, 1.165) is 61.2 Å². The average molecular weight is 624 g/mol. The maximum atomic E-state index is 13.9. The van der Waals surface area contributed by atoms with Gasteiger partial charge in [0.15, 0.2) is 11.6 Å². The van der Waals surface area contributed by atoms with Gasteiger partial charge in [-0.15, -0.1) is 0 Å². The molecular formula is C35H38FN7O3. The fourth-order valence-electron chi connectivity index (χ4n) is 7.60. The largest absolute Gasteiger partial charge is 0.486 e. The molecule has 5 aliphatic rings. The van der Waals surface area contributed by atoms with E-state index >= 15 is 0 Å². The Hall–Kier alpha value is -4.30. The number of benzene rings is 1. The van der Waals surface area contributed by atoms with Crippen molar-refractivity contribution < 1.29 is 18.7 Å². The quantitative estimate of drug-likeness (QED) is 0.249. The van der Waals surface area contributed by atoms with Crippen molar-refractivity contribution in [2.75, 3.05) is 51.3 Å². The molecule has 0 radical (unpaired) electrons. The van der Waals surface area contributed by atoms with Crippen LogP contribution < -0.4 is 14.4 Å². The number of nitrogens with zero attached hydrogens (tertiary/aromatic N) is 7. The van der Waals surface area contributed by atoms with Gasteiger partial charge in [0.2, 0.25) is 6.54 Å². The third-order valence-corrected chi connectivity index (χ3v) is 10.4. The number of likely N-dealkylation sites (tertiary alicyclic amines) is 1. The second kappa shape index (κ2) is 11.5. The fourth-order valence-corrected chi connectivity index (χ4v) is 7.60. The lowest BCUT2D eigenvalue weighted by Crippen LogP contribution is -2.56. The second-order valence-electron chi connectivity index (χ2n) is 13.5. The van der Waals surface area contributed by atoms with Crippen molar-refractivity contribution in [3.05, 3.63) is 59.3 Å². The number of amides is 1. The van der Waals surface area contributed by atoms with E-state index in [0.29, 0.717) is 42.7 Å². The molecule has 2 aromatic heterocycles. The molecule has 4 atom stereocenters. The maximum Gasteiger partial charge on any atom is 0.319 e. The van der Waals surface area contributed by atoms with E-state index in [2.05, 4.69) is 41.6 Å². The van der Waals surface area contributed by atoms with Gasteiger partial charge in [-0.05, 0) is 75.1 Å². The van der Waals surface area contributed by atoms with Crippen LogP contribution in [0.1, 0.15) is 49.1 Å². The van der Waals surface area contributed by atoms with E-state index in [9.17, 15) is 9.18 Å². The lowest BCUT2D eigenvalue weighted by Gasteiger charge is -2.39. The average Bonchev–Trinajstić information content (AvgIpc) is 3.97. The van der Waals surface area contributed by atoms with Crippen molar-refractivity contribution in [2.24, 2.45) is 5.92 Å². The van der Waals surface area contributed by atoms with Crippen molar-refractivity contribution in [3.8, 4) is 23.0 Å². The van der Waals surface area contributed by atoms with Crippen LogP contribution in [0.5, 0.6) is 11.8 Å². The summed E-state index contributed by atoms with van der Waals surface area (Å²) in [6, 6.07) is 6.55. The first-order valence-electron chi connectivity index (χ1n) is 16.5. The molecule has 2 aliphatic heterocycles. The highest BCUT2D eigenvalue weighted by atomic mass is 19.1. The number of anilines is 1. The van der Waals surface area contributed by atoms with Crippen molar-refractivity contribution >= 4 is 22.6 Å². The molecule has 4 heterocycles. The van der Waals surface area contributed by atoms with Crippen LogP contribution in [0.15, 0.2) is 36.8 Å². The molecule has 8 rings (SSSR count). The summed E-state index contributed by atoms with van der Waals surface area (Å²) < 4.78 is 26.9. The molecule has 46 heavy (non-hydrogen) atoms. The molecule has 1 amide bonds. The predicted molar refractivity (Wildman–Crippen MR) is 172 cm³/mol. The number of pyridine rings is 1. The molecule has 3 aliphatic carbocycles. The van der Waals surface area contributed by atoms with E-state index in [4.69, 9.17) is 31.0 Å². The van der Waals surface area contributed by atoms with Crippen LogP contribution in [0.25, 0.3) is 27.0 Å². The summed E-state index contributed by atoms with van der Waals surface area (Å²) in [6.45, 7) is 13.2. The third-order valence-electron chi connectivity index (χ3n) is 10.4. The Labute approximate surface area is 268 Å². The maximum absolute atomic E-state index is 13.9. The summed E-state index contributed by atoms with van der Waals surface area (Å²) in [5.74, 6) is 0.864. The third kappa shape index (κ3) is 5.22. The van der Waals surface area contributed by atoms with Crippen molar-refractivity contribution in [3.63, 3.8) is 0 Å². The number of carbonyl (C=O) groups is 1. The predicted octanol–water partition coefficient (Wildman–Crippen LogP) is 4.79. The first kappa shape index (κ1) is 29.1. The number of hydrogen-bond acceptors (Lipinski definition) is 8. The van der Waals surface area contributed by atoms with Crippen LogP contribution in [-0.2, 0) is 11.2 Å². The molecule has 11 heteroatoms. The zero-order valence-corrected chi connectivity index (χ0v) is 26.1. The molecule has 0 bridgehead atoms. The number of fused-ring (bicyclic) bond motifs is 4. The minimum Gasteiger partial charge on any atom is -0.486 e. The number of piperazine rings is 1. The van der Waals surface area contributed by atoms with E-state index in [-0.39, 0.29) is 31.2 Å². The lowest BCUT2D eigenvalue weighted by atomic mass is 9.96. The van der Waals surface area contributed by atoms with Gasteiger partial charge in [0.1, 0.15) is 29.7 Å². The first-order chi connectivity index (χ1) is 22.4. The Bertz CT molecular complexity index is 1770. The number of halogens is 1. The molecule has 238 valence electrons. The number of aromatic nitrogens is 3.